The first kappa shape index (κ1) is 23.4. The molecule has 7 nitrogen and oxygen atoms in total. The minimum absolute atomic E-state index is 0.127. The lowest BCUT2D eigenvalue weighted by Gasteiger charge is -2.11. The Morgan fingerprint density at radius 3 is 2.31 bits per heavy atom. The molecule has 1 N–H and O–H groups in total. The van der Waals surface area contributed by atoms with Crippen molar-refractivity contribution in [3.8, 4) is 22.9 Å². The molecule has 0 spiro atoms. The van der Waals surface area contributed by atoms with Gasteiger partial charge in [0.25, 0.3) is 0 Å². The highest BCUT2D eigenvalue weighted by atomic mass is 32.2. The fourth-order valence-electron chi connectivity index (χ4n) is 2.62. The van der Waals surface area contributed by atoms with Gasteiger partial charge in [-0.15, -0.1) is 10.2 Å². The highest BCUT2D eigenvalue weighted by Gasteiger charge is 2.35. The van der Waals surface area contributed by atoms with E-state index in [0.717, 1.165) is 11.6 Å². The molecule has 3 rings (SSSR count). The van der Waals surface area contributed by atoms with Crippen LogP contribution < -0.4 is 14.2 Å². The van der Waals surface area contributed by atoms with E-state index in [1.807, 2.05) is 0 Å². The molecule has 0 saturated carbocycles. The number of sulfonamides is 1. The molecule has 170 valence electrons. The average Bonchev–Trinajstić information content (AvgIpc) is 2.76. The number of alkyl halides is 3. The number of halogens is 4. The van der Waals surface area contributed by atoms with Gasteiger partial charge in [-0.3, -0.25) is 0 Å². The Kier molecular flexibility index (Phi) is 6.94. The van der Waals surface area contributed by atoms with Crippen LogP contribution >= 0.6 is 0 Å². The number of aromatic nitrogens is 2. The van der Waals surface area contributed by atoms with E-state index in [1.165, 1.54) is 6.07 Å². The number of methoxy groups -OCH3 is 1. The van der Waals surface area contributed by atoms with Crippen molar-refractivity contribution in [2.75, 3.05) is 20.3 Å². The molecule has 32 heavy (non-hydrogen) atoms. The zero-order valence-electron chi connectivity index (χ0n) is 16.6. The third kappa shape index (κ3) is 5.71. The standard InChI is InChI=1S/C20H17F4N3O4S/c1-30-14-4-2-13(3-5-14)18-8-9-19(27-26-18)31-11-10-25-32(28,29)15-6-7-17(21)16(12-15)20(22,23)24/h2-9,12,25H,10-11H2,1H3. The Morgan fingerprint density at radius 1 is 1.00 bits per heavy atom. The van der Waals surface area contributed by atoms with Gasteiger partial charge in [0.15, 0.2) is 0 Å². The van der Waals surface area contributed by atoms with Crippen LogP contribution in [0.25, 0.3) is 11.3 Å². The zero-order chi connectivity index (χ0) is 23.4. The van der Waals surface area contributed by atoms with Gasteiger partial charge in [0.1, 0.15) is 18.2 Å². The molecule has 0 unspecified atom stereocenters. The Hall–Kier alpha value is -3.25. The molecular formula is C20H17F4N3O4S. The predicted octanol–water partition coefficient (Wildman–Crippen LogP) is 3.67. The van der Waals surface area contributed by atoms with Gasteiger partial charge in [-0.1, -0.05) is 0 Å². The minimum atomic E-state index is -5.02. The Balaban J connectivity index is 1.56. The van der Waals surface area contributed by atoms with E-state index < -0.39 is 32.5 Å². The zero-order valence-corrected chi connectivity index (χ0v) is 17.4. The molecule has 1 heterocycles. The lowest BCUT2D eigenvalue weighted by atomic mass is 10.1. The smallest absolute Gasteiger partial charge is 0.419 e. The lowest BCUT2D eigenvalue weighted by molar-refractivity contribution is -0.140. The largest absolute Gasteiger partial charge is 0.497 e. The van der Waals surface area contributed by atoms with Gasteiger partial charge in [-0.2, -0.15) is 13.2 Å². The van der Waals surface area contributed by atoms with Gasteiger partial charge in [-0.25, -0.2) is 17.5 Å². The molecule has 0 fully saturated rings. The number of hydrogen-bond donors (Lipinski definition) is 1. The number of nitrogens with one attached hydrogen (secondary N) is 1. The number of nitrogens with zero attached hydrogens (tertiary/aromatic N) is 2. The van der Waals surface area contributed by atoms with Crippen LogP contribution in [0.15, 0.2) is 59.5 Å². The van der Waals surface area contributed by atoms with Crippen LogP contribution in [0, 0.1) is 5.82 Å². The quantitative estimate of drug-likeness (QED) is 0.398. The summed E-state index contributed by atoms with van der Waals surface area (Å²) in [6.07, 6.45) is -5.02. The summed E-state index contributed by atoms with van der Waals surface area (Å²) in [5.74, 6) is -0.738. The second-order valence-corrected chi connectivity index (χ2v) is 8.14. The van der Waals surface area contributed by atoms with Crippen molar-refractivity contribution in [3.05, 3.63) is 66.0 Å². The van der Waals surface area contributed by atoms with Gasteiger partial charge in [0, 0.05) is 18.2 Å². The molecule has 0 radical (unpaired) electrons. The molecule has 12 heteroatoms. The summed E-state index contributed by atoms with van der Waals surface area (Å²) in [6.45, 7) is -0.425. The summed E-state index contributed by atoms with van der Waals surface area (Å²) in [5, 5.41) is 7.91. The molecule has 2 aromatic carbocycles. The summed E-state index contributed by atoms with van der Waals surface area (Å²) in [6, 6.07) is 11.8. The topological polar surface area (TPSA) is 90.4 Å². The van der Waals surface area contributed by atoms with Crippen LogP contribution in [-0.2, 0) is 16.2 Å². The fourth-order valence-corrected chi connectivity index (χ4v) is 3.66. The second kappa shape index (κ2) is 9.49. The monoisotopic (exact) mass is 471 g/mol. The van der Waals surface area contributed by atoms with Crippen LogP contribution in [0.5, 0.6) is 11.6 Å². The highest BCUT2D eigenvalue weighted by molar-refractivity contribution is 7.89. The first-order valence-electron chi connectivity index (χ1n) is 9.07. The summed E-state index contributed by atoms with van der Waals surface area (Å²) in [7, 11) is -2.75. The van der Waals surface area contributed by atoms with E-state index in [0.29, 0.717) is 17.5 Å². The van der Waals surface area contributed by atoms with Crippen LogP contribution in [0.3, 0.4) is 0 Å². The van der Waals surface area contributed by atoms with Gasteiger partial charge >= 0.3 is 6.18 Å². The van der Waals surface area contributed by atoms with Crippen LogP contribution in [-0.4, -0.2) is 38.9 Å². The predicted molar refractivity (Wildman–Crippen MR) is 106 cm³/mol. The maximum absolute atomic E-state index is 13.3. The van der Waals surface area contributed by atoms with Gasteiger partial charge < -0.3 is 9.47 Å². The van der Waals surface area contributed by atoms with E-state index in [9.17, 15) is 26.0 Å². The number of hydrogen-bond acceptors (Lipinski definition) is 6. The highest BCUT2D eigenvalue weighted by Crippen LogP contribution is 2.32. The van der Waals surface area contributed by atoms with Gasteiger partial charge in [0.05, 0.1) is 23.3 Å². The van der Waals surface area contributed by atoms with E-state index >= 15 is 0 Å². The molecular weight excluding hydrogens is 454 g/mol. The lowest BCUT2D eigenvalue weighted by Crippen LogP contribution is -2.28. The number of rotatable bonds is 8. The normalized spacial score (nSPS) is 11.9. The maximum atomic E-state index is 13.3. The van der Waals surface area contributed by atoms with E-state index in [2.05, 4.69) is 14.9 Å². The van der Waals surface area contributed by atoms with Crippen molar-refractivity contribution in [1.29, 1.82) is 0 Å². The van der Waals surface area contributed by atoms with Gasteiger partial charge in [0.2, 0.25) is 15.9 Å². The SMILES string of the molecule is COc1ccc(-c2ccc(OCCNS(=O)(=O)c3ccc(F)c(C(F)(F)F)c3)nn2)cc1. The minimum Gasteiger partial charge on any atom is -0.497 e. The van der Waals surface area contributed by atoms with E-state index in [-0.39, 0.29) is 25.1 Å². The van der Waals surface area contributed by atoms with Gasteiger partial charge in [-0.05, 0) is 48.5 Å². The van der Waals surface area contributed by atoms with Crippen molar-refractivity contribution < 1.29 is 35.5 Å². The molecule has 0 aliphatic heterocycles. The summed E-state index contributed by atoms with van der Waals surface area (Å²) in [4.78, 5) is -0.713. The van der Waals surface area contributed by atoms with E-state index in [4.69, 9.17) is 9.47 Å². The first-order chi connectivity index (χ1) is 15.1. The van der Waals surface area contributed by atoms with Crippen molar-refractivity contribution in [2.24, 2.45) is 0 Å². The second-order valence-electron chi connectivity index (χ2n) is 6.37. The molecule has 0 aliphatic rings. The van der Waals surface area contributed by atoms with Crippen molar-refractivity contribution in [1.82, 2.24) is 14.9 Å². The Morgan fingerprint density at radius 2 is 1.72 bits per heavy atom. The first-order valence-corrected chi connectivity index (χ1v) is 10.6. The summed E-state index contributed by atoms with van der Waals surface area (Å²) in [5.41, 5.74) is -0.281. The average molecular weight is 471 g/mol. The molecule has 0 amide bonds. The van der Waals surface area contributed by atoms with Crippen molar-refractivity contribution in [3.63, 3.8) is 0 Å². The molecule has 0 bridgehead atoms. The molecule has 0 saturated heterocycles. The van der Waals surface area contributed by atoms with Crippen molar-refractivity contribution >= 4 is 10.0 Å². The summed E-state index contributed by atoms with van der Waals surface area (Å²) < 4.78 is 88.6. The summed E-state index contributed by atoms with van der Waals surface area (Å²) >= 11 is 0. The Bertz CT molecular complexity index is 1170. The fraction of sp³-hybridized carbons (Fsp3) is 0.200. The Labute approximate surface area is 181 Å². The van der Waals surface area contributed by atoms with Crippen LogP contribution in [0.2, 0.25) is 0 Å². The molecule has 0 atom stereocenters. The molecule has 1 aromatic heterocycles. The van der Waals surface area contributed by atoms with Crippen LogP contribution in [0.1, 0.15) is 5.56 Å². The number of ether oxygens (including phenoxy) is 2. The van der Waals surface area contributed by atoms with Crippen LogP contribution in [0.4, 0.5) is 17.6 Å². The van der Waals surface area contributed by atoms with E-state index in [1.54, 1.807) is 37.4 Å². The third-order valence-electron chi connectivity index (χ3n) is 4.22. The number of benzene rings is 2. The molecule has 3 aromatic rings. The maximum Gasteiger partial charge on any atom is 0.419 e. The molecule has 0 aliphatic carbocycles. The third-order valence-corrected chi connectivity index (χ3v) is 5.68. The van der Waals surface area contributed by atoms with Crippen molar-refractivity contribution in [2.45, 2.75) is 11.1 Å².